The van der Waals surface area contributed by atoms with Gasteiger partial charge in [0.2, 0.25) is 5.91 Å². The van der Waals surface area contributed by atoms with Crippen molar-refractivity contribution in [1.82, 2.24) is 14.8 Å². The van der Waals surface area contributed by atoms with Crippen LogP contribution in [0, 0.1) is 0 Å². The Morgan fingerprint density at radius 2 is 1.81 bits per heavy atom. The van der Waals surface area contributed by atoms with Gasteiger partial charge in [0, 0.05) is 43.0 Å². The van der Waals surface area contributed by atoms with E-state index in [1.807, 2.05) is 12.1 Å². The summed E-state index contributed by atoms with van der Waals surface area (Å²) in [4.78, 5) is 21.5. The number of amides is 1. The van der Waals surface area contributed by atoms with Gasteiger partial charge in [0.25, 0.3) is 0 Å². The molecule has 3 saturated heterocycles. The van der Waals surface area contributed by atoms with E-state index in [0.29, 0.717) is 34.8 Å². The average Bonchev–Trinajstić information content (AvgIpc) is 3.04. The number of carbonyl (C=O) groups excluding carboxylic acids is 1. The number of anilines is 1. The van der Waals surface area contributed by atoms with E-state index in [-0.39, 0.29) is 18.0 Å². The number of fused-ring (bicyclic) bond motifs is 5. The first-order chi connectivity index (χ1) is 17.2. The van der Waals surface area contributed by atoms with E-state index in [1.165, 1.54) is 30.9 Å². The summed E-state index contributed by atoms with van der Waals surface area (Å²) in [5.41, 5.74) is 1.19. The molecule has 0 saturated carbocycles. The van der Waals surface area contributed by atoms with Crippen LogP contribution in [0.25, 0.3) is 10.9 Å². The second kappa shape index (κ2) is 9.05. The maximum absolute atomic E-state index is 13.1. The summed E-state index contributed by atoms with van der Waals surface area (Å²) >= 11 is 0. The fourth-order valence-electron chi connectivity index (χ4n) is 7.19. The lowest BCUT2D eigenvalue weighted by Gasteiger charge is -2.46. The number of nitrogens with one attached hydrogen (secondary N) is 1. The number of halogens is 3. The number of hydrogen-bond donors (Lipinski definition) is 1. The van der Waals surface area contributed by atoms with E-state index in [0.717, 1.165) is 50.8 Å². The Kier molecular flexibility index (Phi) is 5.97. The zero-order chi connectivity index (χ0) is 25.0. The van der Waals surface area contributed by atoms with Crippen LogP contribution in [-0.2, 0) is 11.0 Å². The smallest absolute Gasteiger partial charge is 0.367 e. The van der Waals surface area contributed by atoms with Gasteiger partial charge in [-0.05, 0) is 75.6 Å². The number of benzene rings is 1. The first-order valence-electron chi connectivity index (χ1n) is 13.2. The van der Waals surface area contributed by atoms with Gasteiger partial charge < -0.3 is 10.2 Å². The molecule has 192 valence electrons. The van der Waals surface area contributed by atoms with Gasteiger partial charge in [-0.3, -0.25) is 9.69 Å². The van der Waals surface area contributed by atoms with Gasteiger partial charge in [0.05, 0.1) is 17.1 Å². The van der Waals surface area contributed by atoms with Gasteiger partial charge in [0.1, 0.15) is 5.82 Å². The topological polar surface area (TPSA) is 48.5 Å². The van der Waals surface area contributed by atoms with Crippen molar-refractivity contribution >= 4 is 22.6 Å². The maximum atomic E-state index is 13.1. The van der Waals surface area contributed by atoms with Gasteiger partial charge in [0.15, 0.2) is 0 Å². The molecule has 3 unspecified atom stereocenters. The lowest BCUT2D eigenvalue weighted by molar-refractivity contribution is -0.137. The SMILES string of the molecule is CC(=O)N1C2C=C(CN3[C@@H]4CC[C@H]3CC(Nc3ccc5ccc(C(F)(F)F)cc5n3)C4)CC1CCC2. The molecule has 1 aromatic heterocycles. The van der Waals surface area contributed by atoms with E-state index in [9.17, 15) is 18.0 Å². The first kappa shape index (κ1) is 23.8. The molecule has 0 aliphatic carbocycles. The molecule has 2 aromatic rings. The number of alkyl halides is 3. The Morgan fingerprint density at radius 3 is 2.50 bits per heavy atom. The van der Waals surface area contributed by atoms with E-state index in [2.05, 4.69) is 26.2 Å². The van der Waals surface area contributed by atoms with Crippen LogP contribution >= 0.6 is 0 Å². The molecule has 4 aliphatic heterocycles. The van der Waals surface area contributed by atoms with Crippen molar-refractivity contribution in [2.75, 3.05) is 11.9 Å². The van der Waals surface area contributed by atoms with Gasteiger partial charge in [-0.1, -0.05) is 17.7 Å². The molecule has 5 atom stereocenters. The molecule has 1 aromatic carbocycles. The van der Waals surface area contributed by atoms with E-state index >= 15 is 0 Å². The summed E-state index contributed by atoms with van der Waals surface area (Å²) in [5.74, 6) is 0.843. The van der Waals surface area contributed by atoms with E-state index < -0.39 is 11.7 Å². The van der Waals surface area contributed by atoms with Crippen molar-refractivity contribution in [3.05, 3.63) is 47.5 Å². The molecule has 4 aliphatic rings. The van der Waals surface area contributed by atoms with Crippen LogP contribution in [0.1, 0.15) is 63.9 Å². The van der Waals surface area contributed by atoms with Gasteiger partial charge in [-0.15, -0.1) is 0 Å². The lowest BCUT2D eigenvalue weighted by Crippen LogP contribution is -2.53. The number of piperidine rings is 2. The summed E-state index contributed by atoms with van der Waals surface area (Å²) < 4.78 is 39.4. The predicted molar refractivity (Wildman–Crippen MR) is 134 cm³/mol. The molecule has 36 heavy (non-hydrogen) atoms. The van der Waals surface area contributed by atoms with Crippen LogP contribution in [0.4, 0.5) is 19.0 Å². The van der Waals surface area contributed by atoms with E-state index in [4.69, 9.17) is 0 Å². The van der Waals surface area contributed by atoms with Gasteiger partial charge in [-0.25, -0.2) is 4.98 Å². The molecule has 6 rings (SSSR count). The maximum Gasteiger partial charge on any atom is 0.416 e. The first-order valence-corrected chi connectivity index (χ1v) is 13.2. The average molecular weight is 499 g/mol. The summed E-state index contributed by atoms with van der Waals surface area (Å²) in [6.45, 7) is 2.69. The number of carbonyl (C=O) groups is 1. The number of aromatic nitrogens is 1. The Bertz CT molecular complexity index is 1180. The fraction of sp³-hybridized carbons (Fsp3) is 0.571. The Labute approximate surface area is 209 Å². The second-order valence-electron chi connectivity index (χ2n) is 11.1. The summed E-state index contributed by atoms with van der Waals surface area (Å²) in [6, 6.07) is 9.33. The molecule has 0 spiro atoms. The zero-order valence-electron chi connectivity index (χ0n) is 20.6. The quantitative estimate of drug-likeness (QED) is 0.545. The minimum Gasteiger partial charge on any atom is -0.367 e. The molecule has 4 bridgehead atoms. The highest BCUT2D eigenvalue weighted by Crippen LogP contribution is 2.40. The normalized spacial score (nSPS) is 30.4. The zero-order valence-corrected chi connectivity index (χ0v) is 20.6. The van der Waals surface area contributed by atoms with Crippen LogP contribution in [-0.4, -0.2) is 57.4 Å². The number of pyridine rings is 1. The molecule has 3 fully saturated rings. The van der Waals surface area contributed by atoms with Gasteiger partial charge in [-0.2, -0.15) is 13.2 Å². The molecule has 1 amide bonds. The van der Waals surface area contributed by atoms with Crippen molar-refractivity contribution in [2.45, 2.75) is 94.7 Å². The highest BCUT2D eigenvalue weighted by Gasteiger charge is 2.42. The van der Waals surface area contributed by atoms with Crippen molar-refractivity contribution in [1.29, 1.82) is 0 Å². The Hall–Kier alpha value is -2.61. The summed E-state index contributed by atoms with van der Waals surface area (Å²) in [7, 11) is 0. The van der Waals surface area contributed by atoms with Crippen LogP contribution in [0.5, 0.6) is 0 Å². The number of hydrogen-bond acceptors (Lipinski definition) is 4. The third-order valence-corrected chi connectivity index (χ3v) is 8.72. The molecule has 1 N–H and O–H groups in total. The number of rotatable bonds is 4. The summed E-state index contributed by atoms with van der Waals surface area (Å²) in [6.07, 6.45) is 6.76. The third-order valence-electron chi connectivity index (χ3n) is 8.72. The largest absolute Gasteiger partial charge is 0.416 e. The summed E-state index contributed by atoms with van der Waals surface area (Å²) in [5, 5.41) is 4.23. The Balaban J connectivity index is 1.13. The third kappa shape index (κ3) is 4.49. The minimum atomic E-state index is -4.37. The lowest BCUT2D eigenvalue weighted by atomic mass is 9.84. The number of nitrogens with zero attached hydrogens (tertiary/aromatic N) is 3. The predicted octanol–water partition coefficient (Wildman–Crippen LogP) is 5.76. The van der Waals surface area contributed by atoms with Crippen LogP contribution in [0.2, 0.25) is 0 Å². The van der Waals surface area contributed by atoms with Crippen LogP contribution in [0.3, 0.4) is 0 Å². The standard InChI is InChI=1S/C28H33F3N4O/c1-17(36)35-24-3-2-4-25(35)12-18(11-24)16-34-22-8-9-23(34)15-21(14-22)32-27-10-6-19-5-7-20(28(29,30)31)13-26(19)33-27/h5-7,10-11,13,21-25H,2-4,8-9,12,14-16H2,1H3,(H,32,33)/t21?,22-,23+,24?,25?. The fourth-order valence-corrected chi connectivity index (χ4v) is 7.19. The van der Waals surface area contributed by atoms with Crippen molar-refractivity contribution in [2.24, 2.45) is 0 Å². The molecule has 5 nitrogen and oxygen atoms in total. The molecule has 8 heteroatoms. The van der Waals surface area contributed by atoms with Crippen LogP contribution < -0.4 is 5.32 Å². The second-order valence-corrected chi connectivity index (χ2v) is 11.1. The Morgan fingerprint density at radius 1 is 1.06 bits per heavy atom. The molecule has 5 heterocycles. The van der Waals surface area contributed by atoms with Crippen LogP contribution in [0.15, 0.2) is 42.0 Å². The van der Waals surface area contributed by atoms with Crippen molar-refractivity contribution in [3.8, 4) is 0 Å². The monoisotopic (exact) mass is 498 g/mol. The van der Waals surface area contributed by atoms with E-state index in [1.54, 1.807) is 6.92 Å². The van der Waals surface area contributed by atoms with Crippen molar-refractivity contribution < 1.29 is 18.0 Å². The molecular formula is C28H33F3N4O. The minimum absolute atomic E-state index is 0.198. The molecular weight excluding hydrogens is 465 g/mol. The molecule has 0 radical (unpaired) electrons. The van der Waals surface area contributed by atoms with Gasteiger partial charge >= 0.3 is 6.18 Å². The highest BCUT2D eigenvalue weighted by molar-refractivity contribution is 5.81. The highest BCUT2D eigenvalue weighted by atomic mass is 19.4. The van der Waals surface area contributed by atoms with Crippen molar-refractivity contribution in [3.63, 3.8) is 0 Å².